The minimum Gasteiger partial charge on any atom is -0.284 e. The Hall–Kier alpha value is -1.70. The van der Waals surface area contributed by atoms with Crippen LogP contribution < -0.4 is 0 Å². The van der Waals surface area contributed by atoms with E-state index in [0.717, 1.165) is 11.1 Å². The Balaban J connectivity index is 2.33. The summed E-state index contributed by atoms with van der Waals surface area (Å²) in [6, 6.07) is 25.6. The molecule has 0 aliphatic rings. The first-order chi connectivity index (χ1) is 11.4. The van der Waals surface area contributed by atoms with Gasteiger partial charge in [-0.3, -0.25) is 4.55 Å². The van der Waals surface area contributed by atoms with E-state index in [4.69, 9.17) is 0 Å². The second kappa shape index (κ2) is 6.66. The van der Waals surface area contributed by atoms with E-state index in [1.54, 1.807) is 36.4 Å². The lowest BCUT2D eigenvalue weighted by atomic mass is 9.94. The molecule has 1 unspecified atom stereocenters. The maximum Gasteiger partial charge on any atom is 0.288 e. The standard InChI is InChI=1S/C19H15IO3S/c20-19(24(21,22)23,16-11-5-2-6-12-16)18-14-8-7-13-17(18)15-9-3-1-4-10-15/h1-14H,(H,21,22,23). The first kappa shape index (κ1) is 17.1. The summed E-state index contributed by atoms with van der Waals surface area (Å²) in [6.07, 6.45) is 0. The molecule has 0 saturated carbocycles. The number of halogens is 1. The van der Waals surface area contributed by atoms with Gasteiger partial charge in [0.25, 0.3) is 10.1 Å². The molecule has 0 spiro atoms. The molecule has 3 nitrogen and oxygen atoms in total. The molecule has 122 valence electrons. The molecule has 0 fully saturated rings. The van der Waals surface area contributed by atoms with Gasteiger partial charge in [-0.2, -0.15) is 8.42 Å². The van der Waals surface area contributed by atoms with Crippen LogP contribution in [0.2, 0.25) is 0 Å². The number of hydrogen-bond donors (Lipinski definition) is 1. The number of benzene rings is 3. The number of hydrogen-bond acceptors (Lipinski definition) is 2. The van der Waals surface area contributed by atoms with Crippen molar-refractivity contribution >= 4 is 32.7 Å². The van der Waals surface area contributed by atoms with Crippen molar-refractivity contribution in [2.75, 3.05) is 0 Å². The highest BCUT2D eigenvalue weighted by atomic mass is 127. The average Bonchev–Trinajstić information content (AvgIpc) is 2.61. The van der Waals surface area contributed by atoms with Gasteiger partial charge >= 0.3 is 0 Å². The third-order valence-electron chi connectivity index (χ3n) is 3.86. The smallest absolute Gasteiger partial charge is 0.284 e. The Bertz CT molecular complexity index is 941. The van der Waals surface area contributed by atoms with E-state index >= 15 is 0 Å². The van der Waals surface area contributed by atoms with Crippen molar-refractivity contribution in [1.82, 2.24) is 0 Å². The van der Waals surface area contributed by atoms with Crippen LogP contribution in [0.5, 0.6) is 0 Å². The van der Waals surface area contributed by atoms with E-state index in [9.17, 15) is 13.0 Å². The van der Waals surface area contributed by atoms with Gasteiger partial charge in [-0.25, -0.2) is 0 Å². The maximum absolute atomic E-state index is 12.4. The van der Waals surface area contributed by atoms with Crippen molar-refractivity contribution in [2.45, 2.75) is 2.75 Å². The van der Waals surface area contributed by atoms with Crippen molar-refractivity contribution in [1.29, 1.82) is 0 Å². The predicted octanol–water partition coefficient (Wildman–Crippen LogP) is 4.88. The average molecular weight is 450 g/mol. The lowest BCUT2D eigenvalue weighted by Crippen LogP contribution is -2.30. The minimum atomic E-state index is -4.41. The fraction of sp³-hybridized carbons (Fsp3) is 0.0526. The van der Waals surface area contributed by atoms with Gasteiger partial charge in [0, 0.05) is 0 Å². The molecule has 0 saturated heterocycles. The van der Waals surface area contributed by atoms with E-state index in [2.05, 4.69) is 0 Å². The van der Waals surface area contributed by atoms with Gasteiger partial charge in [0.15, 0.2) is 2.75 Å². The molecule has 0 amide bonds. The molecule has 0 aromatic heterocycles. The van der Waals surface area contributed by atoms with Gasteiger partial charge in [-0.05, 0) is 44.8 Å². The SMILES string of the molecule is O=S(=O)(O)C(I)(c1ccccc1)c1ccccc1-c1ccccc1. The van der Waals surface area contributed by atoms with E-state index in [1.807, 2.05) is 71.1 Å². The van der Waals surface area contributed by atoms with Crippen molar-refractivity contribution in [3.05, 3.63) is 96.1 Å². The number of rotatable bonds is 4. The van der Waals surface area contributed by atoms with E-state index in [1.165, 1.54) is 0 Å². The highest BCUT2D eigenvalue weighted by molar-refractivity contribution is 14.1. The summed E-state index contributed by atoms with van der Waals surface area (Å²) in [6.45, 7) is 0. The fourth-order valence-corrected chi connectivity index (χ4v) is 4.45. The monoisotopic (exact) mass is 450 g/mol. The van der Waals surface area contributed by atoms with Crippen molar-refractivity contribution in [3.63, 3.8) is 0 Å². The summed E-state index contributed by atoms with van der Waals surface area (Å²) in [5.74, 6) is 0. The van der Waals surface area contributed by atoms with E-state index < -0.39 is 12.9 Å². The van der Waals surface area contributed by atoms with Gasteiger partial charge < -0.3 is 0 Å². The summed E-state index contributed by atoms with van der Waals surface area (Å²) in [7, 11) is -4.41. The minimum absolute atomic E-state index is 0.511. The van der Waals surface area contributed by atoms with Crippen LogP contribution in [0.1, 0.15) is 11.1 Å². The van der Waals surface area contributed by atoms with Gasteiger partial charge in [0.2, 0.25) is 0 Å². The van der Waals surface area contributed by atoms with Crippen LogP contribution >= 0.6 is 22.6 Å². The molecule has 3 rings (SSSR count). The van der Waals surface area contributed by atoms with Crippen molar-refractivity contribution in [3.8, 4) is 11.1 Å². The second-order valence-electron chi connectivity index (χ2n) is 5.35. The highest BCUT2D eigenvalue weighted by Gasteiger charge is 2.45. The number of alkyl halides is 1. The van der Waals surface area contributed by atoms with Crippen LogP contribution in [0, 0.1) is 0 Å². The Labute approximate surface area is 155 Å². The third kappa shape index (κ3) is 2.99. The molecule has 0 aliphatic carbocycles. The largest absolute Gasteiger partial charge is 0.288 e. The molecule has 5 heteroatoms. The molecule has 24 heavy (non-hydrogen) atoms. The highest BCUT2D eigenvalue weighted by Crippen LogP contribution is 2.47. The Morgan fingerprint density at radius 3 is 1.83 bits per heavy atom. The van der Waals surface area contributed by atoms with Gasteiger partial charge in [0.1, 0.15) is 0 Å². The Kier molecular flexibility index (Phi) is 4.76. The van der Waals surface area contributed by atoms with Crippen LogP contribution in [0.3, 0.4) is 0 Å². The van der Waals surface area contributed by atoms with Gasteiger partial charge in [0.05, 0.1) is 0 Å². The van der Waals surface area contributed by atoms with Crippen LogP contribution in [0.25, 0.3) is 11.1 Å². The molecular weight excluding hydrogens is 435 g/mol. The van der Waals surface area contributed by atoms with Crippen molar-refractivity contribution < 1.29 is 13.0 Å². The summed E-state index contributed by atoms with van der Waals surface area (Å²) in [4.78, 5) is 0. The Morgan fingerprint density at radius 2 is 1.25 bits per heavy atom. The summed E-state index contributed by atoms with van der Waals surface area (Å²) < 4.78 is 33.3. The van der Waals surface area contributed by atoms with Crippen LogP contribution in [0.15, 0.2) is 84.9 Å². The summed E-state index contributed by atoms with van der Waals surface area (Å²) in [5, 5.41) is 0. The van der Waals surface area contributed by atoms with Gasteiger partial charge in [-0.15, -0.1) is 0 Å². The quantitative estimate of drug-likeness (QED) is 0.350. The molecule has 0 heterocycles. The second-order valence-corrected chi connectivity index (χ2v) is 9.26. The maximum atomic E-state index is 12.4. The lowest BCUT2D eigenvalue weighted by molar-refractivity contribution is 0.473. The third-order valence-corrected chi connectivity index (χ3v) is 7.90. The molecule has 3 aromatic carbocycles. The molecule has 0 bridgehead atoms. The molecule has 0 radical (unpaired) electrons. The van der Waals surface area contributed by atoms with Crippen LogP contribution in [-0.2, 0) is 12.9 Å². The lowest BCUT2D eigenvalue weighted by Gasteiger charge is -2.28. The topological polar surface area (TPSA) is 54.4 Å². The molecule has 3 aromatic rings. The first-order valence-corrected chi connectivity index (χ1v) is 9.83. The Morgan fingerprint density at radius 1 is 0.750 bits per heavy atom. The summed E-state index contributed by atoms with van der Waals surface area (Å²) >= 11 is 1.83. The predicted molar refractivity (Wildman–Crippen MR) is 105 cm³/mol. The van der Waals surface area contributed by atoms with E-state index in [0.29, 0.717) is 11.1 Å². The zero-order valence-corrected chi connectivity index (χ0v) is 15.6. The molecule has 1 atom stereocenters. The van der Waals surface area contributed by atoms with Crippen LogP contribution in [-0.4, -0.2) is 13.0 Å². The molecule has 1 N–H and O–H groups in total. The van der Waals surface area contributed by atoms with E-state index in [-0.39, 0.29) is 0 Å². The molecular formula is C19H15IO3S. The first-order valence-electron chi connectivity index (χ1n) is 7.31. The van der Waals surface area contributed by atoms with Crippen LogP contribution in [0.4, 0.5) is 0 Å². The zero-order chi connectivity index (χ0) is 17.2. The molecule has 0 aliphatic heterocycles. The zero-order valence-electron chi connectivity index (χ0n) is 12.6. The summed E-state index contributed by atoms with van der Waals surface area (Å²) in [5.41, 5.74) is 2.71. The van der Waals surface area contributed by atoms with Gasteiger partial charge in [-0.1, -0.05) is 84.9 Å². The normalized spacial score (nSPS) is 14.1. The fourth-order valence-electron chi connectivity index (χ4n) is 2.73. The van der Waals surface area contributed by atoms with Crippen molar-refractivity contribution in [2.24, 2.45) is 0 Å².